The van der Waals surface area contributed by atoms with E-state index in [4.69, 9.17) is 18.0 Å². The van der Waals surface area contributed by atoms with Crippen molar-refractivity contribution in [3.63, 3.8) is 0 Å². The molecule has 0 unspecified atom stereocenters. The van der Waals surface area contributed by atoms with Gasteiger partial charge in [-0.3, -0.25) is 0 Å². The molecule has 1 aromatic carbocycles. The summed E-state index contributed by atoms with van der Waals surface area (Å²) in [5.74, 6) is 0.831. The van der Waals surface area contributed by atoms with Gasteiger partial charge in [0.1, 0.15) is 5.75 Å². The van der Waals surface area contributed by atoms with Crippen LogP contribution in [0.15, 0.2) is 24.3 Å². The van der Waals surface area contributed by atoms with E-state index in [1.807, 2.05) is 24.3 Å². The highest BCUT2D eigenvalue weighted by Crippen LogP contribution is 2.16. The zero-order valence-electron chi connectivity index (χ0n) is 15.8. The average molecular weight is 355 g/mol. The summed E-state index contributed by atoms with van der Waals surface area (Å²) in [6, 6.07) is 7.95. The van der Waals surface area contributed by atoms with Crippen molar-refractivity contribution in [2.75, 3.05) is 26.9 Å². The summed E-state index contributed by atoms with van der Waals surface area (Å²) in [6.45, 7) is 8.51. The topological polar surface area (TPSA) is 36.9 Å². The number of unbranched alkanes of at least 4 members (excludes halogenated alkanes) is 3. The van der Waals surface area contributed by atoms with E-state index in [0.717, 1.165) is 49.5 Å². The van der Waals surface area contributed by atoms with Gasteiger partial charge in [0.2, 0.25) is 0 Å². The minimum absolute atomic E-state index is 0.674. The maximum atomic E-state index is 6.28. The summed E-state index contributed by atoms with van der Waals surface area (Å²) in [5.41, 5.74) is 0. The molecule has 0 aliphatic heterocycles. The molecule has 5 heteroatoms. The van der Waals surface area contributed by atoms with E-state index in [1.54, 1.807) is 7.11 Å². The fourth-order valence-corrected chi connectivity index (χ4v) is 4.79. The second-order valence-corrected chi connectivity index (χ2v) is 8.45. The molecule has 24 heavy (non-hydrogen) atoms. The quantitative estimate of drug-likeness (QED) is 0.369. The summed E-state index contributed by atoms with van der Waals surface area (Å²) in [6.07, 6.45) is 6.32. The minimum Gasteiger partial charge on any atom is -0.497 e. The van der Waals surface area contributed by atoms with Crippen molar-refractivity contribution in [3.8, 4) is 5.75 Å². The molecule has 138 valence electrons. The third-order valence-electron chi connectivity index (χ3n) is 3.81. The van der Waals surface area contributed by atoms with Crippen molar-refractivity contribution >= 4 is 14.0 Å². The van der Waals surface area contributed by atoms with E-state index < -0.39 is 8.80 Å². The van der Waals surface area contributed by atoms with E-state index >= 15 is 0 Å². The molecule has 0 bridgehead atoms. The molecule has 0 aliphatic rings. The Morgan fingerprint density at radius 1 is 0.708 bits per heavy atom. The third kappa shape index (κ3) is 6.93. The molecule has 0 saturated heterocycles. The van der Waals surface area contributed by atoms with Gasteiger partial charge < -0.3 is 18.0 Å². The van der Waals surface area contributed by atoms with Crippen LogP contribution in [0.4, 0.5) is 0 Å². The van der Waals surface area contributed by atoms with E-state index in [-0.39, 0.29) is 0 Å². The Kier molecular flexibility index (Phi) is 11.0. The fraction of sp³-hybridized carbons (Fsp3) is 0.684. The lowest BCUT2D eigenvalue weighted by Gasteiger charge is -2.30. The van der Waals surface area contributed by atoms with Gasteiger partial charge >= 0.3 is 8.80 Å². The van der Waals surface area contributed by atoms with Crippen LogP contribution in [0.3, 0.4) is 0 Å². The van der Waals surface area contributed by atoms with Crippen LogP contribution in [0.5, 0.6) is 5.75 Å². The number of hydrogen-bond acceptors (Lipinski definition) is 4. The largest absolute Gasteiger partial charge is 0.537 e. The smallest absolute Gasteiger partial charge is 0.497 e. The first-order valence-corrected chi connectivity index (χ1v) is 11.0. The summed E-state index contributed by atoms with van der Waals surface area (Å²) in [7, 11) is -1.20. The Labute approximate surface area is 148 Å². The highest BCUT2D eigenvalue weighted by molar-refractivity contribution is 6.75. The fourth-order valence-electron chi connectivity index (χ4n) is 2.22. The molecule has 0 aromatic heterocycles. The lowest BCUT2D eigenvalue weighted by Crippen LogP contribution is -2.57. The van der Waals surface area contributed by atoms with Gasteiger partial charge in [-0.25, -0.2) is 0 Å². The Morgan fingerprint density at radius 2 is 1.12 bits per heavy atom. The van der Waals surface area contributed by atoms with Crippen molar-refractivity contribution in [2.45, 2.75) is 59.3 Å². The van der Waals surface area contributed by atoms with Gasteiger partial charge in [-0.15, -0.1) is 0 Å². The molecule has 0 atom stereocenters. The van der Waals surface area contributed by atoms with E-state index in [2.05, 4.69) is 20.8 Å². The average Bonchev–Trinajstić information content (AvgIpc) is 2.62. The lowest BCUT2D eigenvalue weighted by atomic mass is 10.3. The van der Waals surface area contributed by atoms with Crippen LogP contribution in [0.25, 0.3) is 0 Å². The summed E-state index contributed by atoms with van der Waals surface area (Å²) < 4.78 is 24.1. The second-order valence-electron chi connectivity index (χ2n) is 5.89. The minimum atomic E-state index is -2.87. The standard InChI is InChI=1S/C19H34O4Si/c1-5-8-15-21-24(22-16-9-6-2,23-17-10-7-3)19-13-11-18(20-4)12-14-19/h11-14H,5-10,15-17H2,1-4H3. The molecule has 0 aliphatic carbocycles. The monoisotopic (exact) mass is 354 g/mol. The molecular formula is C19H34O4Si. The van der Waals surface area contributed by atoms with Gasteiger partial charge in [0.25, 0.3) is 0 Å². The molecular weight excluding hydrogens is 320 g/mol. The number of hydrogen-bond donors (Lipinski definition) is 0. The van der Waals surface area contributed by atoms with E-state index in [0.29, 0.717) is 19.8 Å². The summed E-state index contributed by atoms with van der Waals surface area (Å²) >= 11 is 0. The summed E-state index contributed by atoms with van der Waals surface area (Å²) in [4.78, 5) is 0. The Bertz CT molecular complexity index is 395. The van der Waals surface area contributed by atoms with E-state index in [1.165, 1.54) is 0 Å². The van der Waals surface area contributed by atoms with Crippen LogP contribution >= 0.6 is 0 Å². The SMILES string of the molecule is CCCCO[Si](OCCCC)(OCCCC)c1ccc(OC)cc1. The number of benzene rings is 1. The summed E-state index contributed by atoms with van der Waals surface area (Å²) in [5, 5.41) is 1.02. The zero-order chi connectivity index (χ0) is 17.7. The van der Waals surface area contributed by atoms with Gasteiger partial charge in [-0.05, 0) is 31.4 Å². The molecule has 0 heterocycles. The van der Waals surface area contributed by atoms with Crippen LogP contribution in [0, 0.1) is 0 Å². The molecule has 4 nitrogen and oxygen atoms in total. The third-order valence-corrected chi connectivity index (χ3v) is 6.61. The number of rotatable bonds is 14. The Morgan fingerprint density at radius 3 is 1.46 bits per heavy atom. The van der Waals surface area contributed by atoms with Gasteiger partial charge in [0.05, 0.1) is 7.11 Å². The van der Waals surface area contributed by atoms with Gasteiger partial charge in [0, 0.05) is 25.0 Å². The lowest BCUT2D eigenvalue weighted by molar-refractivity contribution is 0.0700. The molecule has 0 spiro atoms. The normalized spacial score (nSPS) is 11.7. The van der Waals surface area contributed by atoms with Crippen molar-refractivity contribution in [1.29, 1.82) is 0 Å². The van der Waals surface area contributed by atoms with Crippen molar-refractivity contribution < 1.29 is 18.0 Å². The van der Waals surface area contributed by atoms with Gasteiger partial charge in [-0.1, -0.05) is 52.2 Å². The van der Waals surface area contributed by atoms with E-state index in [9.17, 15) is 0 Å². The second kappa shape index (κ2) is 12.5. The van der Waals surface area contributed by atoms with Crippen molar-refractivity contribution in [3.05, 3.63) is 24.3 Å². The molecule has 0 fully saturated rings. The molecule has 1 rings (SSSR count). The van der Waals surface area contributed by atoms with Gasteiger partial charge in [0.15, 0.2) is 0 Å². The number of methoxy groups -OCH3 is 1. The Hall–Kier alpha value is -0.883. The van der Waals surface area contributed by atoms with Crippen molar-refractivity contribution in [2.24, 2.45) is 0 Å². The number of ether oxygens (including phenoxy) is 1. The van der Waals surface area contributed by atoms with Crippen LogP contribution in [0.2, 0.25) is 0 Å². The van der Waals surface area contributed by atoms with Crippen LogP contribution in [-0.4, -0.2) is 35.7 Å². The predicted molar refractivity (Wildman–Crippen MR) is 101 cm³/mol. The van der Waals surface area contributed by atoms with Crippen molar-refractivity contribution in [1.82, 2.24) is 0 Å². The zero-order valence-corrected chi connectivity index (χ0v) is 16.8. The maximum absolute atomic E-state index is 6.28. The molecule has 0 radical (unpaired) electrons. The Balaban J connectivity index is 2.99. The molecule has 1 aromatic rings. The molecule has 0 amide bonds. The van der Waals surface area contributed by atoms with Crippen LogP contribution < -0.4 is 9.92 Å². The van der Waals surface area contributed by atoms with Crippen LogP contribution in [-0.2, 0) is 13.3 Å². The van der Waals surface area contributed by atoms with Gasteiger partial charge in [-0.2, -0.15) is 0 Å². The molecule has 0 N–H and O–H groups in total. The highest BCUT2D eigenvalue weighted by Gasteiger charge is 2.43. The maximum Gasteiger partial charge on any atom is 0.537 e. The first-order valence-electron chi connectivity index (χ1n) is 9.28. The highest BCUT2D eigenvalue weighted by atomic mass is 28.4. The first-order chi connectivity index (χ1) is 11.7. The predicted octanol–water partition coefficient (Wildman–Crippen LogP) is 4.29. The van der Waals surface area contributed by atoms with Crippen LogP contribution in [0.1, 0.15) is 59.3 Å². The molecule has 0 saturated carbocycles. The first kappa shape index (κ1) is 21.2.